The fourth-order valence-electron chi connectivity index (χ4n) is 3.44. The van der Waals surface area contributed by atoms with Crippen molar-refractivity contribution in [3.63, 3.8) is 0 Å². The van der Waals surface area contributed by atoms with E-state index in [1.54, 1.807) is 12.3 Å². The van der Waals surface area contributed by atoms with Gasteiger partial charge in [0.1, 0.15) is 5.82 Å². The molecule has 1 aromatic carbocycles. The van der Waals surface area contributed by atoms with Crippen molar-refractivity contribution in [3.8, 4) is 0 Å². The lowest BCUT2D eigenvalue weighted by molar-refractivity contribution is 0.414. The summed E-state index contributed by atoms with van der Waals surface area (Å²) in [5.74, 6) is 0.523. The lowest BCUT2D eigenvalue weighted by Gasteiger charge is -2.36. The smallest absolute Gasteiger partial charge is 0.146 e. The second-order valence-corrected chi connectivity index (χ2v) is 5.43. The van der Waals surface area contributed by atoms with E-state index in [0.29, 0.717) is 11.6 Å². The summed E-state index contributed by atoms with van der Waals surface area (Å²) in [4.78, 5) is 4.45. The van der Waals surface area contributed by atoms with Gasteiger partial charge in [0.05, 0.1) is 17.4 Å². The van der Waals surface area contributed by atoms with Crippen LogP contribution in [0, 0.1) is 11.7 Å². The molecule has 2 aromatic rings. The van der Waals surface area contributed by atoms with Crippen LogP contribution in [0.15, 0.2) is 54.7 Å². The number of hydrogen-bond acceptors (Lipinski definition) is 2. The number of nitrogens with zero attached hydrogens (tertiary/aromatic N) is 1. The Labute approximate surface area is 117 Å². The lowest BCUT2D eigenvalue weighted by Crippen LogP contribution is -2.30. The Balaban J connectivity index is 1.83. The molecule has 1 N–H and O–H groups in total. The molecule has 1 aromatic heterocycles. The van der Waals surface area contributed by atoms with Crippen LogP contribution in [0.4, 0.5) is 10.1 Å². The van der Waals surface area contributed by atoms with Crippen LogP contribution in [-0.2, 0) is 0 Å². The summed E-state index contributed by atoms with van der Waals surface area (Å²) in [6, 6.07) is 11.3. The molecule has 0 fully saturated rings. The summed E-state index contributed by atoms with van der Waals surface area (Å²) in [5, 5.41) is 3.38. The molecular weight excluding hydrogens is 251 g/mol. The number of pyridine rings is 1. The number of aromatic nitrogens is 1. The molecule has 0 spiro atoms. The molecule has 3 atom stereocenters. The van der Waals surface area contributed by atoms with Gasteiger partial charge in [0.15, 0.2) is 0 Å². The van der Waals surface area contributed by atoms with Gasteiger partial charge in [-0.2, -0.15) is 0 Å². The maximum absolute atomic E-state index is 14.1. The van der Waals surface area contributed by atoms with Gasteiger partial charge in [-0.1, -0.05) is 30.4 Å². The maximum Gasteiger partial charge on any atom is 0.146 e. The van der Waals surface area contributed by atoms with Gasteiger partial charge in [-0.15, -0.1) is 0 Å². The Morgan fingerprint density at radius 1 is 1.15 bits per heavy atom. The highest BCUT2D eigenvalue weighted by Gasteiger charge is 2.39. The van der Waals surface area contributed by atoms with Crippen molar-refractivity contribution >= 4 is 5.69 Å². The second kappa shape index (κ2) is 4.44. The predicted molar refractivity (Wildman–Crippen MR) is 77.0 cm³/mol. The van der Waals surface area contributed by atoms with Gasteiger partial charge in [0, 0.05) is 12.1 Å². The fourth-order valence-corrected chi connectivity index (χ4v) is 3.44. The summed E-state index contributed by atoms with van der Waals surface area (Å²) in [5.41, 5.74) is 2.69. The van der Waals surface area contributed by atoms with Crippen LogP contribution in [0.25, 0.3) is 0 Å². The largest absolute Gasteiger partial charge is 0.374 e. The van der Waals surface area contributed by atoms with Crippen molar-refractivity contribution in [2.75, 3.05) is 5.32 Å². The summed E-state index contributed by atoms with van der Waals surface area (Å²) in [7, 11) is 0. The monoisotopic (exact) mass is 266 g/mol. The zero-order valence-electron chi connectivity index (χ0n) is 11.0. The number of allylic oxidation sites excluding steroid dienone is 2. The number of nitrogens with one attached hydrogen (secondary N) is 1. The minimum atomic E-state index is -0.179. The van der Waals surface area contributed by atoms with E-state index in [1.807, 2.05) is 24.3 Å². The fraction of sp³-hybridized carbons (Fsp3) is 0.235. The molecular formula is C17H15FN2. The Hall–Kier alpha value is -2.16. The van der Waals surface area contributed by atoms with Crippen LogP contribution in [0.1, 0.15) is 29.6 Å². The lowest BCUT2D eigenvalue weighted by atomic mass is 9.78. The van der Waals surface area contributed by atoms with E-state index in [9.17, 15) is 4.39 Å². The SMILES string of the molecule is Fc1cccc2c1N[C@H](c1ccccn1)[C@H]1CC=C[C@H]21. The van der Waals surface area contributed by atoms with Crippen LogP contribution in [-0.4, -0.2) is 4.98 Å². The predicted octanol–water partition coefficient (Wildman–Crippen LogP) is 4.05. The first-order valence-corrected chi connectivity index (χ1v) is 6.97. The molecule has 0 saturated carbocycles. The van der Waals surface area contributed by atoms with E-state index in [-0.39, 0.29) is 17.8 Å². The number of benzene rings is 1. The molecule has 2 nitrogen and oxygen atoms in total. The van der Waals surface area contributed by atoms with Gasteiger partial charge in [0.2, 0.25) is 0 Å². The molecule has 20 heavy (non-hydrogen) atoms. The molecule has 2 heterocycles. The topological polar surface area (TPSA) is 24.9 Å². The molecule has 1 aliphatic heterocycles. The number of rotatable bonds is 1. The number of halogens is 1. The van der Waals surface area contributed by atoms with Crippen LogP contribution >= 0.6 is 0 Å². The first kappa shape index (κ1) is 11.6. The molecule has 2 aliphatic rings. The molecule has 4 rings (SSSR count). The van der Waals surface area contributed by atoms with E-state index in [0.717, 1.165) is 17.7 Å². The van der Waals surface area contributed by atoms with Crippen molar-refractivity contribution in [3.05, 3.63) is 71.8 Å². The van der Waals surface area contributed by atoms with Gasteiger partial charge in [-0.25, -0.2) is 4.39 Å². The third kappa shape index (κ3) is 1.66. The molecule has 0 radical (unpaired) electrons. The molecule has 3 heteroatoms. The van der Waals surface area contributed by atoms with Crippen LogP contribution < -0.4 is 5.32 Å². The van der Waals surface area contributed by atoms with Crippen molar-refractivity contribution < 1.29 is 4.39 Å². The van der Waals surface area contributed by atoms with Gasteiger partial charge in [0.25, 0.3) is 0 Å². The van der Waals surface area contributed by atoms with Gasteiger partial charge in [-0.05, 0) is 36.1 Å². The minimum absolute atomic E-state index is 0.0700. The number of anilines is 1. The molecule has 0 bridgehead atoms. The van der Waals surface area contributed by atoms with Gasteiger partial charge < -0.3 is 5.32 Å². The van der Waals surface area contributed by atoms with Gasteiger partial charge in [-0.3, -0.25) is 4.98 Å². The van der Waals surface area contributed by atoms with Crippen LogP contribution in [0.5, 0.6) is 0 Å². The Bertz CT molecular complexity index is 666. The third-order valence-corrected chi connectivity index (χ3v) is 4.35. The molecule has 0 amide bonds. The van der Waals surface area contributed by atoms with Crippen LogP contribution in [0.3, 0.4) is 0 Å². The number of fused-ring (bicyclic) bond motifs is 3. The van der Waals surface area contributed by atoms with E-state index in [4.69, 9.17) is 0 Å². The Morgan fingerprint density at radius 3 is 2.95 bits per heavy atom. The Kier molecular flexibility index (Phi) is 2.59. The quantitative estimate of drug-likeness (QED) is 0.788. The zero-order chi connectivity index (χ0) is 13.5. The van der Waals surface area contributed by atoms with Crippen molar-refractivity contribution in [2.24, 2.45) is 5.92 Å². The van der Waals surface area contributed by atoms with Crippen molar-refractivity contribution in [1.29, 1.82) is 0 Å². The summed E-state index contributed by atoms with van der Waals surface area (Å²) in [6.07, 6.45) is 7.22. The van der Waals surface area contributed by atoms with Crippen LogP contribution in [0.2, 0.25) is 0 Å². The highest BCUT2D eigenvalue weighted by molar-refractivity contribution is 5.60. The first-order chi connectivity index (χ1) is 9.84. The van der Waals surface area contributed by atoms with E-state index >= 15 is 0 Å². The highest BCUT2D eigenvalue weighted by Crippen LogP contribution is 2.49. The number of para-hydroxylation sites is 1. The summed E-state index contributed by atoms with van der Waals surface area (Å²) in [6.45, 7) is 0. The molecule has 100 valence electrons. The first-order valence-electron chi connectivity index (χ1n) is 6.97. The Morgan fingerprint density at radius 2 is 2.10 bits per heavy atom. The van der Waals surface area contributed by atoms with E-state index < -0.39 is 0 Å². The molecule has 1 aliphatic carbocycles. The standard InChI is InChI=1S/C17H15FN2/c18-14-8-4-7-12-11-5-3-6-13(11)17(20-16(12)14)15-9-1-2-10-19-15/h1-5,7-11,13,17,20H,6H2/t11-,13+,17+/m1/s1. The van der Waals surface area contributed by atoms with Crippen molar-refractivity contribution in [1.82, 2.24) is 4.98 Å². The third-order valence-electron chi connectivity index (χ3n) is 4.35. The van der Waals surface area contributed by atoms with Gasteiger partial charge >= 0.3 is 0 Å². The average Bonchev–Trinajstić information content (AvgIpc) is 2.97. The number of hydrogen-bond donors (Lipinski definition) is 1. The minimum Gasteiger partial charge on any atom is -0.374 e. The summed E-state index contributed by atoms with van der Waals surface area (Å²) >= 11 is 0. The highest BCUT2D eigenvalue weighted by atomic mass is 19.1. The molecule has 0 unspecified atom stereocenters. The second-order valence-electron chi connectivity index (χ2n) is 5.43. The summed E-state index contributed by atoms with van der Waals surface area (Å²) < 4.78 is 14.1. The van der Waals surface area contributed by atoms with Crippen molar-refractivity contribution in [2.45, 2.75) is 18.4 Å². The van der Waals surface area contributed by atoms with E-state index in [1.165, 1.54) is 6.07 Å². The maximum atomic E-state index is 14.1. The molecule has 0 saturated heterocycles. The average molecular weight is 266 g/mol. The zero-order valence-corrected chi connectivity index (χ0v) is 11.0. The normalized spacial score (nSPS) is 26.8. The van der Waals surface area contributed by atoms with E-state index in [2.05, 4.69) is 22.5 Å².